The first-order valence-corrected chi connectivity index (χ1v) is 8.92. The summed E-state index contributed by atoms with van der Waals surface area (Å²) in [5, 5.41) is 3.44. The van der Waals surface area contributed by atoms with Crippen molar-refractivity contribution in [2.45, 2.75) is 31.7 Å². The lowest BCUT2D eigenvalue weighted by atomic mass is 9.97. The van der Waals surface area contributed by atoms with Crippen LogP contribution in [0, 0.1) is 0 Å². The predicted molar refractivity (Wildman–Crippen MR) is 105 cm³/mol. The number of nitrogens with one attached hydrogen (secondary N) is 1. The molecule has 1 atom stereocenters. The van der Waals surface area contributed by atoms with Gasteiger partial charge in [-0.1, -0.05) is 6.07 Å². The second-order valence-corrected chi connectivity index (χ2v) is 6.81. The van der Waals surface area contributed by atoms with Crippen molar-refractivity contribution in [2.75, 3.05) is 25.1 Å². The number of hydrogen-bond acceptors (Lipinski definition) is 4. The zero-order valence-electron chi connectivity index (χ0n) is 14.9. The van der Waals surface area contributed by atoms with Gasteiger partial charge in [0, 0.05) is 37.0 Å². The van der Waals surface area contributed by atoms with E-state index in [4.69, 9.17) is 4.74 Å². The van der Waals surface area contributed by atoms with E-state index in [9.17, 15) is 4.79 Å². The number of benzene rings is 1. The summed E-state index contributed by atoms with van der Waals surface area (Å²) in [7, 11) is 1.84. The van der Waals surface area contributed by atoms with Gasteiger partial charge >= 0.3 is 0 Å². The number of rotatable bonds is 4. The number of hydrogen-bond donors (Lipinski definition) is 1. The van der Waals surface area contributed by atoms with Crippen molar-refractivity contribution >= 4 is 24.0 Å². The van der Waals surface area contributed by atoms with Crippen LogP contribution in [0.3, 0.4) is 0 Å². The van der Waals surface area contributed by atoms with Gasteiger partial charge in [-0.3, -0.25) is 9.78 Å². The molecule has 138 valence electrons. The maximum Gasteiger partial charge on any atom is 0.227 e. The van der Waals surface area contributed by atoms with Crippen molar-refractivity contribution in [1.82, 2.24) is 10.3 Å². The summed E-state index contributed by atoms with van der Waals surface area (Å²) in [6.45, 7) is 1.76. The second-order valence-electron chi connectivity index (χ2n) is 6.81. The lowest BCUT2D eigenvalue weighted by molar-refractivity contribution is -0.118. The Bertz CT molecular complexity index is 790. The van der Waals surface area contributed by atoms with Crippen molar-refractivity contribution in [3.63, 3.8) is 0 Å². The van der Waals surface area contributed by atoms with Crippen LogP contribution in [-0.2, 0) is 11.2 Å². The van der Waals surface area contributed by atoms with E-state index in [1.807, 2.05) is 31.4 Å². The number of aryl methyl sites for hydroxylation is 1. The summed E-state index contributed by atoms with van der Waals surface area (Å²) < 4.78 is 5.92. The number of halogens is 1. The van der Waals surface area contributed by atoms with Crippen molar-refractivity contribution in [1.29, 1.82) is 0 Å². The average molecular weight is 374 g/mol. The predicted octanol–water partition coefficient (Wildman–Crippen LogP) is 3.21. The van der Waals surface area contributed by atoms with E-state index in [0.29, 0.717) is 19.1 Å². The maximum absolute atomic E-state index is 11.8. The lowest BCUT2D eigenvalue weighted by Gasteiger charge is -2.26. The lowest BCUT2D eigenvalue weighted by Crippen LogP contribution is -2.30. The molecule has 4 rings (SSSR count). The van der Waals surface area contributed by atoms with E-state index < -0.39 is 0 Å². The minimum Gasteiger partial charge on any atom is -0.490 e. The molecular formula is C20H24ClN3O2. The molecule has 2 aliphatic rings. The van der Waals surface area contributed by atoms with Crippen molar-refractivity contribution in [3.8, 4) is 16.9 Å². The molecule has 1 N–H and O–H groups in total. The number of amides is 1. The number of carbonyl (C=O) groups is 1. The van der Waals surface area contributed by atoms with Gasteiger partial charge in [0.2, 0.25) is 5.91 Å². The summed E-state index contributed by atoms with van der Waals surface area (Å²) in [4.78, 5) is 17.9. The second kappa shape index (κ2) is 8.06. The van der Waals surface area contributed by atoms with Gasteiger partial charge in [-0.25, -0.2) is 0 Å². The molecule has 1 unspecified atom stereocenters. The molecule has 0 spiro atoms. The molecule has 2 aliphatic heterocycles. The van der Waals surface area contributed by atoms with Gasteiger partial charge in [0.1, 0.15) is 12.4 Å². The van der Waals surface area contributed by atoms with Crippen LogP contribution in [-0.4, -0.2) is 37.1 Å². The highest BCUT2D eigenvalue weighted by atomic mass is 35.5. The SMILES string of the molecule is CN1C(=O)CCc2cc(-c3cncc(OCC4CCCN4)c3)ccc21.Cl. The summed E-state index contributed by atoms with van der Waals surface area (Å²) in [5.74, 6) is 0.981. The summed E-state index contributed by atoms with van der Waals surface area (Å²) in [6.07, 6.45) is 7.39. The van der Waals surface area contributed by atoms with Crippen molar-refractivity contribution < 1.29 is 9.53 Å². The molecule has 1 amide bonds. The Hall–Kier alpha value is -2.11. The first kappa shape index (κ1) is 18.7. The number of aromatic nitrogens is 1. The Morgan fingerprint density at radius 2 is 2.12 bits per heavy atom. The van der Waals surface area contributed by atoms with Gasteiger partial charge in [-0.15, -0.1) is 12.4 Å². The maximum atomic E-state index is 11.8. The molecule has 0 saturated carbocycles. The third kappa shape index (κ3) is 3.84. The molecule has 0 radical (unpaired) electrons. The Kier molecular flexibility index (Phi) is 5.79. The highest BCUT2D eigenvalue weighted by molar-refractivity contribution is 5.96. The van der Waals surface area contributed by atoms with Crippen LogP contribution in [0.1, 0.15) is 24.8 Å². The number of pyridine rings is 1. The number of ether oxygens (including phenoxy) is 1. The zero-order valence-corrected chi connectivity index (χ0v) is 15.7. The largest absolute Gasteiger partial charge is 0.490 e. The topological polar surface area (TPSA) is 54.5 Å². The van der Waals surface area contributed by atoms with E-state index >= 15 is 0 Å². The number of nitrogens with zero attached hydrogens (tertiary/aromatic N) is 2. The minimum atomic E-state index is 0. The Labute approximate surface area is 160 Å². The standard InChI is InChI=1S/C20H23N3O2.ClH/c1-23-19-6-4-14(9-15(19)5-7-20(23)24)16-10-18(12-21-11-16)25-13-17-3-2-8-22-17;/h4,6,9-12,17,22H,2-3,5,7-8,13H2,1H3;1H. The molecule has 5 nitrogen and oxygen atoms in total. The fourth-order valence-electron chi connectivity index (χ4n) is 3.59. The molecule has 2 aromatic rings. The smallest absolute Gasteiger partial charge is 0.227 e. The molecular weight excluding hydrogens is 350 g/mol. The Morgan fingerprint density at radius 1 is 1.23 bits per heavy atom. The first-order chi connectivity index (χ1) is 12.2. The van der Waals surface area contributed by atoms with Gasteiger partial charge < -0.3 is 15.0 Å². The number of carbonyl (C=O) groups excluding carboxylic acids is 1. The molecule has 3 heterocycles. The summed E-state index contributed by atoms with van der Waals surface area (Å²) >= 11 is 0. The van der Waals surface area contributed by atoms with Crippen LogP contribution in [0.4, 0.5) is 5.69 Å². The average Bonchev–Trinajstić information content (AvgIpc) is 3.17. The quantitative estimate of drug-likeness (QED) is 0.894. The summed E-state index contributed by atoms with van der Waals surface area (Å²) in [5.41, 5.74) is 4.37. The highest BCUT2D eigenvalue weighted by Crippen LogP contribution is 2.32. The fraction of sp³-hybridized carbons (Fsp3) is 0.400. The molecule has 26 heavy (non-hydrogen) atoms. The monoisotopic (exact) mass is 373 g/mol. The molecule has 1 aromatic heterocycles. The third-order valence-electron chi connectivity index (χ3n) is 5.08. The molecule has 1 aromatic carbocycles. The van der Waals surface area contributed by atoms with Crippen LogP contribution in [0.25, 0.3) is 11.1 Å². The molecule has 0 bridgehead atoms. The van der Waals surface area contributed by atoms with Crippen LogP contribution in [0.2, 0.25) is 0 Å². The van der Waals surface area contributed by atoms with Crippen LogP contribution < -0.4 is 15.0 Å². The first-order valence-electron chi connectivity index (χ1n) is 8.92. The molecule has 1 fully saturated rings. The fourth-order valence-corrected chi connectivity index (χ4v) is 3.59. The Balaban J connectivity index is 0.00000196. The minimum absolute atomic E-state index is 0. The molecule has 0 aliphatic carbocycles. The van der Waals surface area contributed by atoms with E-state index in [0.717, 1.165) is 35.5 Å². The normalized spacial score (nSPS) is 19.0. The van der Waals surface area contributed by atoms with Gasteiger partial charge in [-0.05, 0) is 55.1 Å². The van der Waals surface area contributed by atoms with Gasteiger partial charge in [-0.2, -0.15) is 0 Å². The van der Waals surface area contributed by atoms with Crippen LogP contribution in [0.5, 0.6) is 5.75 Å². The Morgan fingerprint density at radius 3 is 2.92 bits per heavy atom. The van der Waals surface area contributed by atoms with E-state index in [2.05, 4.69) is 16.4 Å². The molecule has 1 saturated heterocycles. The van der Waals surface area contributed by atoms with Crippen molar-refractivity contribution in [3.05, 3.63) is 42.2 Å². The van der Waals surface area contributed by atoms with Gasteiger partial charge in [0.05, 0.1) is 6.20 Å². The highest BCUT2D eigenvalue weighted by Gasteiger charge is 2.21. The number of fused-ring (bicyclic) bond motifs is 1. The summed E-state index contributed by atoms with van der Waals surface area (Å²) in [6, 6.07) is 8.73. The van der Waals surface area contributed by atoms with E-state index in [1.54, 1.807) is 11.1 Å². The molecule has 6 heteroatoms. The van der Waals surface area contributed by atoms with Gasteiger partial charge in [0.25, 0.3) is 0 Å². The van der Waals surface area contributed by atoms with Crippen LogP contribution >= 0.6 is 12.4 Å². The third-order valence-corrected chi connectivity index (χ3v) is 5.08. The van der Waals surface area contributed by atoms with E-state index in [-0.39, 0.29) is 18.3 Å². The van der Waals surface area contributed by atoms with Crippen LogP contribution in [0.15, 0.2) is 36.7 Å². The van der Waals surface area contributed by atoms with Crippen molar-refractivity contribution in [2.24, 2.45) is 0 Å². The zero-order chi connectivity index (χ0) is 17.2. The number of anilines is 1. The van der Waals surface area contributed by atoms with Gasteiger partial charge in [0.15, 0.2) is 0 Å². The van der Waals surface area contributed by atoms with E-state index in [1.165, 1.54) is 18.4 Å².